The van der Waals surface area contributed by atoms with Gasteiger partial charge in [-0.3, -0.25) is 9.69 Å². The van der Waals surface area contributed by atoms with Crippen molar-refractivity contribution in [3.8, 4) is 0 Å². The van der Waals surface area contributed by atoms with E-state index in [2.05, 4.69) is 9.88 Å². The lowest BCUT2D eigenvalue weighted by Crippen LogP contribution is -2.33. The Kier molecular flexibility index (Phi) is 4.24. The fourth-order valence-corrected chi connectivity index (χ4v) is 2.36. The Morgan fingerprint density at radius 1 is 1.39 bits per heavy atom. The van der Waals surface area contributed by atoms with Crippen molar-refractivity contribution in [3.05, 3.63) is 17.2 Å². The summed E-state index contributed by atoms with van der Waals surface area (Å²) in [5.41, 5.74) is 0. The lowest BCUT2D eigenvalue weighted by atomic mass is 10.3. The van der Waals surface area contributed by atoms with Crippen LogP contribution in [0.5, 0.6) is 0 Å². The third kappa shape index (κ3) is 3.03. The molecule has 1 aromatic heterocycles. The fourth-order valence-electron chi connectivity index (χ4n) is 2.22. The molecule has 1 fully saturated rings. The predicted octanol–water partition coefficient (Wildman–Crippen LogP) is 1.13. The number of imidazole rings is 1. The summed E-state index contributed by atoms with van der Waals surface area (Å²) in [6.45, 7) is 5.96. The maximum Gasteiger partial charge on any atom is 0.219 e. The number of carbonyl (C=O) groups is 1. The van der Waals surface area contributed by atoms with Gasteiger partial charge in [-0.2, -0.15) is 0 Å². The highest BCUT2D eigenvalue weighted by Crippen LogP contribution is 2.12. The molecule has 0 aliphatic carbocycles. The molecule has 0 radical (unpaired) electrons. The van der Waals surface area contributed by atoms with Gasteiger partial charge in [-0.1, -0.05) is 11.6 Å². The van der Waals surface area contributed by atoms with Gasteiger partial charge >= 0.3 is 0 Å². The van der Waals surface area contributed by atoms with Crippen molar-refractivity contribution in [1.82, 2.24) is 19.4 Å². The van der Waals surface area contributed by atoms with Crippen molar-refractivity contribution in [2.24, 2.45) is 7.05 Å². The standard InChI is InChI=1S/C12H19ClN4O/c1-10(18)17-5-3-4-16(6-7-17)9-12-14-8-11(13)15(12)2/h8H,3-7,9H2,1-2H3. The third-order valence-corrected chi connectivity index (χ3v) is 3.78. The van der Waals surface area contributed by atoms with Crippen molar-refractivity contribution >= 4 is 17.5 Å². The Bertz CT molecular complexity index is 432. The van der Waals surface area contributed by atoms with Crippen LogP contribution < -0.4 is 0 Å². The zero-order chi connectivity index (χ0) is 13.1. The molecule has 1 aromatic rings. The summed E-state index contributed by atoms with van der Waals surface area (Å²) in [7, 11) is 1.92. The molecule has 1 saturated heterocycles. The Morgan fingerprint density at radius 3 is 2.78 bits per heavy atom. The van der Waals surface area contributed by atoms with E-state index in [4.69, 9.17) is 11.6 Å². The van der Waals surface area contributed by atoms with E-state index in [0.717, 1.165) is 45.0 Å². The average molecular weight is 271 g/mol. The molecular weight excluding hydrogens is 252 g/mol. The van der Waals surface area contributed by atoms with E-state index in [1.165, 1.54) is 0 Å². The maximum atomic E-state index is 11.3. The first-order valence-corrected chi connectivity index (χ1v) is 6.59. The summed E-state index contributed by atoms with van der Waals surface area (Å²) in [6.07, 6.45) is 2.69. The average Bonchev–Trinajstić information content (AvgIpc) is 2.58. The van der Waals surface area contributed by atoms with Crippen molar-refractivity contribution in [2.45, 2.75) is 19.9 Å². The molecule has 18 heavy (non-hydrogen) atoms. The van der Waals surface area contributed by atoms with Crippen molar-refractivity contribution in [1.29, 1.82) is 0 Å². The summed E-state index contributed by atoms with van der Waals surface area (Å²) >= 11 is 5.97. The Hall–Kier alpha value is -1.07. The van der Waals surface area contributed by atoms with Gasteiger partial charge < -0.3 is 9.47 Å². The van der Waals surface area contributed by atoms with Gasteiger partial charge in [0.1, 0.15) is 11.0 Å². The van der Waals surface area contributed by atoms with Gasteiger partial charge in [-0.25, -0.2) is 4.98 Å². The summed E-state index contributed by atoms with van der Waals surface area (Å²) in [4.78, 5) is 19.9. The molecule has 0 unspecified atom stereocenters. The molecule has 0 N–H and O–H groups in total. The second-order valence-corrected chi connectivity index (χ2v) is 5.08. The van der Waals surface area contributed by atoms with Crippen LogP contribution in [0.1, 0.15) is 19.2 Å². The fraction of sp³-hybridized carbons (Fsp3) is 0.667. The van der Waals surface area contributed by atoms with Gasteiger partial charge in [-0.05, 0) is 6.42 Å². The third-order valence-electron chi connectivity index (χ3n) is 3.43. The Balaban J connectivity index is 1.95. The van der Waals surface area contributed by atoms with Crippen LogP contribution in [0.15, 0.2) is 6.20 Å². The SMILES string of the molecule is CC(=O)N1CCCN(Cc2ncc(Cl)n2C)CC1. The van der Waals surface area contributed by atoms with Crippen LogP contribution in [0.3, 0.4) is 0 Å². The first kappa shape index (κ1) is 13.4. The van der Waals surface area contributed by atoms with Gasteiger partial charge in [0.25, 0.3) is 0 Å². The van der Waals surface area contributed by atoms with Crippen LogP contribution in [-0.2, 0) is 18.4 Å². The number of carbonyl (C=O) groups excluding carboxylic acids is 1. The molecule has 0 spiro atoms. The van der Waals surface area contributed by atoms with Crippen LogP contribution >= 0.6 is 11.6 Å². The molecule has 0 atom stereocenters. The summed E-state index contributed by atoms with van der Waals surface area (Å²) in [5, 5.41) is 0.658. The molecule has 6 heteroatoms. The second-order valence-electron chi connectivity index (χ2n) is 4.69. The smallest absolute Gasteiger partial charge is 0.219 e. The quantitative estimate of drug-likeness (QED) is 0.809. The van der Waals surface area contributed by atoms with Gasteiger partial charge in [0.05, 0.1) is 12.7 Å². The largest absolute Gasteiger partial charge is 0.342 e. The molecule has 1 aliphatic rings. The Labute approximate surface area is 112 Å². The first-order chi connectivity index (χ1) is 8.58. The summed E-state index contributed by atoms with van der Waals surface area (Å²) in [6, 6.07) is 0. The highest BCUT2D eigenvalue weighted by Gasteiger charge is 2.18. The van der Waals surface area contributed by atoms with E-state index < -0.39 is 0 Å². The molecule has 0 bridgehead atoms. The second kappa shape index (κ2) is 5.71. The van der Waals surface area contributed by atoms with E-state index in [9.17, 15) is 4.79 Å². The van der Waals surface area contributed by atoms with Crippen LogP contribution in [0, 0.1) is 0 Å². The number of rotatable bonds is 2. The highest BCUT2D eigenvalue weighted by atomic mass is 35.5. The van der Waals surface area contributed by atoms with E-state index >= 15 is 0 Å². The zero-order valence-corrected chi connectivity index (χ0v) is 11.7. The molecule has 100 valence electrons. The predicted molar refractivity (Wildman–Crippen MR) is 70.4 cm³/mol. The van der Waals surface area contributed by atoms with Crippen molar-refractivity contribution in [3.63, 3.8) is 0 Å². The molecule has 5 nitrogen and oxygen atoms in total. The van der Waals surface area contributed by atoms with E-state index in [1.54, 1.807) is 13.1 Å². The maximum absolute atomic E-state index is 11.3. The van der Waals surface area contributed by atoms with Gasteiger partial charge in [0.15, 0.2) is 0 Å². The molecular formula is C12H19ClN4O. The summed E-state index contributed by atoms with van der Waals surface area (Å²) < 4.78 is 1.90. The minimum absolute atomic E-state index is 0.164. The molecule has 0 saturated carbocycles. The summed E-state index contributed by atoms with van der Waals surface area (Å²) in [5.74, 6) is 1.13. The lowest BCUT2D eigenvalue weighted by Gasteiger charge is -2.20. The molecule has 1 aliphatic heterocycles. The molecule has 2 heterocycles. The van der Waals surface area contributed by atoms with E-state index in [0.29, 0.717) is 5.15 Å². The van der Waals surface area contributed by atoms with Crippen molar-refractivity contribution in [2.75, 3.05) is 26.2 Å². The molecule has 2 rings (SSSR count). The normalized spacial score (nSPS) is 17.8. The highest BCUT2D eigenvalue weighted by molar-refractivity contribution is 6.29. The van der Waals surface area contributed by atoms with Crippen LogP contribution in [0.4, 0.5) is 0 Å². The minimum Gasteiger partial charge on any atom is -0.342 e. The number of nitrogens with zero attached hydrogens (tertiary/aromatic N) is 4. The minimum atomic E-state index is 0.164. The van der Waals surface area contributed by atoms with Crippen LogP contribution in [0.25, 0.3) is 0 Å². The first-order valence-electron chi connectivity index (χ1n) is 6.22. The molecule has 1 amide bonds. The van der Waals surface area contributed by atoms with Crippen LogP contribution in [0.2, 0.25) is 5.15 Å². The lowest BCUT2D eigenvalue weighted by molar-refractivity contribution is -0.128. The van der Waals surface area contributed by atoms with Gasteiger partial charge in [0.2, 0.25) is 5.91 Å². The number of hydrogen-bond acceptors (Lipinski definition) is 3. The number of hydrogen-bond donors (Lipinski definition) is 0. The Morgan fingerprint density at radius 2 is 2.17 bits per heavy atom. The number of halogens is 1. The number of aromatic nitrogens is 2. The zero-order valence-electron chi connectivity index (χ0n) is 10.9. The van der Waals surface area contributed by atoms with Gasteiger partial charge in [-0.15, -0.1) is 0 Å². The van der Waals surface area contributed by atoms with Crippen molar-refractivity contribution < 1.29 is 4.79 Å². The van der Waals surface area contributed by atoms with E-state index in [1.807, 2.05) is 16.5 Å². The van der Waals surface area contributed by atoms with Gasteiger partial charge in [0, 0.05) is 40.2 Å². The van der Waals surface area contributed by atoms with Crippen LogP contribution in [-0.4, -0.2) is 51.4 Å². The topological polar surface area (TPSA) is 41.4 Å². The monoisotopic (exact) mass is 270 g/mol. The number of amides is 1. The molecule has 0 aromatic carbocycles. The van der Waals surface area contributed by atoms with E-state index in [-0.39, 0.29) is 5.91 Å².